The van der Waals surface area contributed by atoms with Crippen molar-refractivity contribution >= 4 is 16.9 Å². The van der Waals surface area contributed by atoms with E-state index in [1.807, 2.05) is 38.2 Å². The number of piperidine rings is 1. The molecule has 174 valence electrons. The number of nitrogens with zero attached hydrogens (tertiary/aromatic N) is 5. The standard InChI is InChI=1S/C27H35N5O/c1-19-13-23(14-20(2)27(19)33)22-6-7-24-25(15-22)29-26(16-28-24)32-11-9-31(10-12-32)18-21-5-4-8-30(3)17-21/h6-7,13-16,21,33H,4-5,8-12,17-18H2,1-3H3. The van der Waals surface area contributed by atoms with Gasteiger partial charge in [-0.1, -0.05) is 6.07 Å². The number of phenolic OH excluding ortho intramolecular Hbond substituents is 1. The molecule has 2 aliphatic heterocycles. The van der Waals surface area contributed by atoms with Gasteiger partial charge in [0.25, 0.3) is 0 Å². The number of anilines is 1. The molecule has 2 saturated heterocycles. The smallest absolute Gasteiger partial charge is 0.147 e. The van der Waals surface area contributed by atoms with Crippen LogP contribution in [-0.2, 0) is 0 Å². The van der Waals surface area contributed by atoms with Gasteiger partial charge in [-0.3, -0.25) is 9.88 Å². The van der Waals surface area contributed by atoms with E-state index in [0.717, 1.165) is 71.2 Å². The highest BCUT2D eigenvalue weighted by atomic mass is 16.3. The average molecular weight is 446 g/mol. The van der Waals surface area contributed by atoms with Crippen molar-refractivity contribution in [1.29, 1.82) is 0 Å². The molecule has 5 rings (SSSR count). The van der Waals surface area contributed by atoms with Crippen LogP contribution in [0.25, 0.3) is 22.2 Å². The second-order valence-electron chi connectivity index (χ2n) is 9.95. The van der Waals surface area contributed by atoms with Gasteiger partial charge in [0.1, 0.15) is 11.6 Å². The Morgan fingerprint density at radius 1 is 0.939 bits per heavy atom. The van der Waals surface area contributed by atoms with Crippen LogP contribution in [0.15, 0.2) is 36.5 Å². The normalized spacial score (nSPS) is 20.5. The summed E-state index contributed by atoms with van der Waals surface area (Å²) in [5, 5.41) is 10.1. The Hall–Kier alpha value is -2.70. The van der Waals surface area contributed by atoms with Crippen molar-refractivity contribution in [3.63, 3.8) is 0 Å². The minimum atomic E-state index is 0.372. The Balaban J connectivity index is 1.29. The molecule has 6 heteroatoms. The monoisotopic (exact) mass is 445 g/mol. The Labute approximate surface area is 196 Å². The van der Waals surface area contributed by atoms with E-state index in [1.54, 1.807) is 0 Å². The van der Waals surface area contributed by atoms with Crippen molar-refractivity contribution in [2.45, 2.75) is 26.7 Å². The average Bonchev–Trinajstić information content (AvgIpc) is 2.82. The van der Waals surface area contributed by atoms with Crippen LogP contribution in [0.4, 0.5) is 5.82 Å². The number of aromatic nitrogens is 2. The zero-order chi connectivity index (χ0) is 22.9. The molecule has 0 radical (unpaired) electrons. The van der Waals surface area contributed by atoms with E-state index in [2.05, 4.69) is 33.9 Å². The third-order valence-electron chi connectivity index (χ3n) is 7.29. The summed E-state index contributed by atoms with van der Waals surface area (Å²) in [5.74, 6) is 2.15. The van der Waals surface area contributed by atoms with E-state index >= 15 is 0 Å². The quantitative estimate of drug-likeness (QED) is 0.653. The molecule has 2 aliphatic rings. The molecule has 3 heterocycles. The van der Waals surface area contributed by atoms with Gasteiger partial charge in [-0.15, -0.1) is 0 Å². The molecule has 0 spiro atoms. The molecule has 0 bridgehead atoms. The van der Waals surface area contributed by atoms with E-state index in [0.29, 0.717) is 5.75 Å². The van der Waals surface area contributed by atoms with Gasteiger partial charge in [-0.25, -0.2) is 4.98 Å². The molecule has 6 nitrogen and oxygen atoms in total. The lowest BCUT2D eigenvalue weighted by atomic mass is 9.97. The zero-order valence-corrected chi connectivity index (χ0v) is 20.1. The molecule has 0 amide bonds. The van der Waals surface area contributed by atoms with E-state index in [1.165, 1.54) is 32.5 Å². The van der Waals surface area contributed by atoms with E-state index < -0.39 is 0 Å². The molecule has 2 fully saturated rings. The largest absolute Gasteiger partial charge is 0.507 e. The lowest BCUT2D eigenvalue weighted by Crippen LogP contribution is -2.49. The topological polar surface area (TPSA) is 55.7 Å². The lowest BCUT2D eigenvalue weighted by molar-refractivity contribution is 0.147. The van der Waals surface area contributed by atoms with Crippen LogP contribution < -0.4 is 4.90 Å². The highest BCUT2D eigenvalue weighted by molar-refractivity contribution is 5.82. The summed E-state index contributed by atoms with van der Waals surface area (Å²) in [5.41, 5.74) is 5.81. The number of aromatic hydroxyl groups is 1. The molecule has 0 saturated carbocycles. The van der Waals surface area contributed by atoms with Crippen molar-refractivity contribution in [3.8, 4) is 16.9 Å². The second-order valence-corrected chi connectivity index (χ2v) is 9.95. The zero-order valence-electron chi connectivity index (χ0n) is 20.1. The van der Waals surface area contributed by atoms with Gasteiger partial charge >= 0.3 is 0 Å². The van der Waals surface area contributed by atoms with Gasteiger partial charge in [0.2, 0.25) is 0 Å². The number of phenols is 1. The van der Waals surface area contributed by atoms with Crippen LogP contribution in [0.5, 0.6) is 5.75 Å². The van der Waals surface area contributed by atoms with E-state index in [4.69, 9.17) is 9.97 Å². The number of likely N-dealkylation sites (tertiary alicyclic amines) is 1. The summed E-state index contributed by atoms with van der Waals surface area (Å²) >= 11 is 0. The van der Waals surface area contributed by atoms with Crippen LogP contribution in [0, 0.1) is 19.8 Å². The van der Waals surface area contributed by atoms with Gasteiger partial charge in [-0.2, -0.15) is 0 Å². The first-order valence-corrected chi connectivity index (χ1v) is 12.2. The highest BCUT2D eigenvalue weighted by Gasteiger charge is 2.24. The molecule has 3 aromatic rings. The van der Waals surface area contributed by atoms with Crippen molar-refractivity contribution in [3.05, 3.63) is 47.7 Å². The first kappa shape index (κ1) is 22.1. The fourth-order valence-corrected chi connectivity index (χ4v) is 5.40. The van der Waals surface area contributed by atoms with Crippen LogP contribution >= 0.6 is 0 Å². The third kappa shape index (κ3) is 4.82. The molecule has 1 aromatic heterocycles. The summed E-state index contributed by atoms with van der Waals surface area (Å²) in [4.78, 5) is 17.2. The number of piperazine rings is 1. The summed E-state index contributed by atoms with van der Waals surface area (Å²) in [6, 6.07) is 10.3. The van der Waals surface area contributed by atoms with Crippen LogP contribution in [0.2, 0.25) is 0 Å². The number of rotatable bonds is 4. The molecule has 1 unspecified atom stereocenters. The van der Waals surface area contributed by atoms with Gasteiger partial charge in [0.15, 0.2) is 0 Å². The molecule has 1 atom stereocenters. The van der Waals surface area contributed by atoms with E-state index in [-0.39, 0.29) is 0 Å². The number of hydrogen-bond donors (Lipinski definition) is 1. The Morgan fingerprint density at radius 3 is 2.42 bits per heavy atom. The first-order chi connectivity index (χ1) is 16.0. The number of benzene rings is 2. The van der Waals surface area contributed by atoms with Crippen molar-refractivity contribution < 1.29 is 5.11 Å². The molecule has 0 aliphatic carbocycles. The SMILES string of the molecule is Cc1cc(-c2ccc3ncc(N4CCN(CC5CCCN(C)C5)CC4)nc3c2)cc(C)c1O. The Kier molecular flexibility index (Phi) is 6.21. The second kappa shape index (κ2) is 9.27. The summed E-state index contributed by atoms with van der Waals surface area (Å²) in [6.45, 7) is 11.8. The van der Waals surface area contributed by atoms with Crippen molar-refractivity contribution in [2.75, 3.05) is 57.8 Å². The predicted molar refractivity (Wildman–Crippen MR) is 135 cm³/mol. The predicted octanol–water partition coefficient (Wildman–Crippen LogP) is 4.08. The fraction of sp³-hybridized carbons (Fsp3) is 0.481. The molecule has 1 N–H and O–H groups in total. The summed E-state index contributed by atoms with van der Waals surface area (Å²) in [6.07, 6.45) is 4.62. The van der Waals surface area contributed by atoms with Gasteiger partial charge in [0.05, 0.1) is 17.2 Å². The minimum Gasteiger partial charge on any atom is -0.507 e. The van der Waals surface area contributed by atoms with Crippen molar-refractivity contribution in [1.82, 2.24) is 19.8 Å². The molecule has 33 heavy (non-hydrogen) atoms. The maximum atomic E-state index is 10.1. The number of fused-ring (bicyclic) bond motifs is 1. The maximum absolute atomic E-state index is 10.1. The third-order valence-corrected chi connectivity index (χ3v) is 7.29. The van der Waals surface area contributed by atoms with Crippen LogP contribution in [0.1, 0.15) is 24.0 Å². The maximum Gasteiger partial charge on any atom is 0.147 e. The Bertz CT molecular complexity index is 1120. The molecule has 2 aromatic carbocycles. The van der Waals surface area contributed by atoms with Crippen molar-refractivity contribution in [2.24, 2.45) is 5.92 Å². The Morgan fingerprint density at radius 2 is 1.70 bits per heavy atom. The number of hydrogen-bond acceptors (Lipinski definition) is 6. The van der Waals surface area contributed by atoms with Gasteiger partial charge in [-0.05, 0) is 92.7 Å². The number of aryl methyl sites for hydroxylation is 2. The fourth-order valence-electron chi connectivity index (χ4n) is 5.40. The highest BCUT2D eigenvalue weighted by Crippen LogP contribution is 2.30. The van der Waals surface area contributed by atoms with Crippen LogP contribution in [-0.4, -0.2) is 77.7 Å². The van der Waals surface area contributed by atoms with Crippen LogP contribution in [0.3, 0.4) is 0 Å². The first-order valence-electron chi connectivity index (χ1n) is 12.2. The minimum absolute atomic E-state index is 0.372. The summed E-state index contributed by atoms with van der Waals surface area (Å²) < 4.78 is 0. The lowest BCUT2D eigenvalue weighted by Gasteiger charge is -2.39. The van der Waals surface area contributed by atoms with Gasteiger partial charge in [0, 0.05) is 39.3 Å². The summed E-state index contributed by atoms with van der Waals surface area (Å²) in [7, 11) is 2.25. The molecular formula is C27H35N5O. The van der Waals surface area contributed by atoms with E-state index in [9.17, 15) is 5.11 Å². The molecular weight excluding hydrogens is 410 g/mol. The van der Waals surface area contributed by atoms with Gasteiger partial charge < -0.3 is 14.9 Å².